The van der Waals surface area contributed by atoms with Gasteiger partial charge in [-0.15, -0.1) is 11.3 Å². The summed E-state index contributed by atoms with van der Waals surface area (Å²) in [6.07, 6.45) is 4.96. The van der Waals surface area contributed by atoms with Gasteiger partial charge in [-0.2, -0.15) is 5.10 Å². The molecule has 124 valence electrons. The molecule has 2 heterocycles. The summed E-state index contributed by atoms with van der Waals surface area (Å²) in [5, 5.41) is 7.96. The van der Waals surface area contributed by atoms with Crippen molar-refractivity contribution in [1.82, 2.24) is 14.8 Å². The molecule has 0 aliphatic carbocycles. The number of aromatic nitrogens is 3. The molecular formula is C15H19N3O3S2. The molecule has 0 amide bonds. The van der Waals surface area contributed by atoms with E-state index in [1.807, 2.05) is 24.6 Å². The number of carbonyl (C=O) groups is 1. The van der Waals surface area contributed by atoms with Crippen molar-refractivity contribution in [3.63, 3.8) is 0 Å². The van der Waals surface area contributed by atoms with E-state index in [1.165, 1.54) is 22.6 Å². The Hall–Kier alpha value is -1.80. The third-order valence-electron chi connectivity index (χ3n) is 2.58. The summed E-state index contributed by atoms with van der Waals surface area (Å²) in [4.78, 5) is 16.2. The maximum absolute atomic E-state index is 12.0. The van der Waals surface area contributed by atoms with Crippen LogP contribution in [0.5, 0.6) is 5.88 Å². The van der Waals surface area contributed by atoms with Gasteiger partial charge in [0, 0.05) is 17.8 Å². The summed E-state index contributed by atoms with van der Waals surface area (Å²) < 4.78 is 13.3. The smallest absolute Gasteiger partial charge is 0.345 e. The zero-order valence-electron chi connectivity index (χ0n) is 13.3. The highest BCUT2D eigenvalue weighted by molar-refractivity contribution is 8.03. The van der Waals surface area contributed by atoms with Crippen molar-refractivity contribution in [2.24, 2.45) is 5.92 Å². The van der Waals surface area contributed by atoms with Gasteiger partial charge in [-0.05, 0) is 18.2 Å². The van der Waals surface area contributed by atoms with E-state index >= 15 is 0 Å². The van der Waals surface area contributed by atoms with Crippen LogP contribution < -0.4 is 4.74 Å². The minimum Gasteiger partial charge on any atom is -0.477 e. The predicted molar refractivity (Wildman–Crippen MR) is 91.8 cm³/mol. The molecule has 0 atom stereocenters. The molecule has 0 N–H and O–H groups in total. The quantitative estimate of drug-likeness (QED) is 0.532. The second-order valence-electron chi connectivity index (χ2n) is 4.93. The van der Waals surface area contributed by atoms with E-state index in [0.29, 0.717) is 30.6 Å². The van der Waals surface area contributed by atoms with Gasteiger partial charge in [-0.25, -0.2) is 14.5 Å². The summed E-state index contributed by atoms with van der Waals surface area (Å²) in [5.74, 6) is 0.300. The summed E-state index contributed by atoms with van der Waals surface area (Å²) in [7, 11) is 0. The molecule has 6 nitrogen and oxygen atoms in total. The van der Waals surface area contributed by atoms with Crippen molar-refractivity contribution in [2.75, 3.05) is 13.2 Å². The summed E-state index contributed by atoms with van der Waals surface area (Å²) in [5.41, 5.74) is 0.330. The highest BCUT2D eigenvalue weighted by Gasteiger charge is 2.19. The van der Waals surface area contributed by atoms with Crippen molar-refractivity contribution in [1.29, 1.82) is 0 Å². The number of hydrogen-bond donors (Lipinski definition) is 0. The Balaban J connectivity index is 2.16. The molecule has 0 spiro atoms. The van der Waals surface area contributed by atoms with Gasteiger partial charge in [0.15, 0.2) is 4.34 Å². The summed E-state index contributed by atoms with van der Waals surface area (Å²) >= 11 is 3.04. The van der Waals surface area contributed by atoms with Gasteiger partial charge in [0.2, 0.25) is 5.88 Å². The van der Waals surface area contributed by atoms with Crippen LogP contribution in [0.2, 0.25) is 0 Å². The monoisotopic (exact) mass is 353 g/mol. The lowest BCUT2D eigenvalue weighted by atomic mass is 10.2. The lowest BCUT2D eigenvalue weighted by Crippen LogP contribution is -2.11. The second-order valence-corrected chi connectivity index (χ2v) is 6.98. The van der Waals surface area contributed by atoms with Gasteiger partial charge >= 0.3 is 5.97 Å². The average molecular weight is 353 g/mol. The number of thiazole rings is 1. The van der Waals surface area contributed by atoms with Gasteiger partial charge < -0.3 is 9.47 Å². The Morgan fingerprint density at radius 1 is 1.52 bits per heavy atom. The average Bonchev–Trinajstić information content (AvgIpc) is 3.15. The molecule has 2 rings (SSSR count). The molecule has 0 unspecified atom stereocenters. The first-order valence-corrected chi connectivity index (χ1v) is 8.98. The SMILES string of the molecule is CCOC(=O)c1cnn(C=CSc2nccs2)c1OCC(C)C. The third kappa shape index (κ3) is 5.11. The van der Waals surface area contributed by atoms with Gasteiger partial charge in [0.25, 0.3) is 0 Å². The highest BCUT2D eigenvalue weighted by Crippen LogP contribution is 2.24. The fourth-order valence-corrected chi connectivity index (χ4v) is 2.94. The van der Waals surface area contributed by atoms with Crippen molar-refractivity contribution < 1.29 is 14.3 Å². The number of thioether (sulfide) groups is 1. The van der Waals surface area contributed by atoms with Crippen LogP contribution in [-0.4, -0.2) is 33.9 Å². The van der Waals surface area contributed by atoms with E-state index in [-0.39, 0.29) is 0 Å². The van der Waals surface area contributed by atoms with Crippen LogP contribution in [0.15, 0.2) is 27.5 Å². The van der Waals surface area contributed by atoms with Crippen LogP contribution in [0.1, 0.15) is 31.1 Å². The van der Waals surface area contributed by atoms with Crippen molar-refractivity contribution in [3.8, 4) is 5.88 Å². The largest absolute Gasteiger partial charge is 0.477 e. The van der Waals surface area contributed by atoms with Crippen LogP contribution in [0.4, 0.5) is 0 Å². The van der Waals surface area contributed by atoms with Crippen LogP contribution in [-0.2, 0) is 4.74 Å². The van der Waals surface area contributed by atoms with Crippen molar-refractivity contribution in [3.05, 3.63) is 28.7 Å². The van der Waals surface area contributed by atoms with E-state index in [1.54, 1.807) is 30.7 Å². The first-order valence-electron chi connectivity index (χ1n) is 7.22. The predicted octanol–water partition coefficient (Wildman–Crippen LogP) is 3.77. The molecule has 0 fully saturated rings. The standard InChI is InChI=1S/C15H19N3O3S2/c1-4-20-14(19)12-9-17-18(13(12)21-10-11(2)3)6-8-23-15-16-5-7-22-15/h5-9,11H,4,10H2,1-3H3. The molecule has 0 aromatic carbocycles. The Kier molecular flexibility index (Phi) is 6.66. The summed E-state index contributed by atoms with van der Waals surface area (Å²) in [6.45, 7) is 6.65. The number of ether oxygens (including phenoxy) is 2. The number of esters is 1. The molecule has 0 radical (unpaired) electrons. The number of hydrogen-bond acceptors (Lipinski definition) is 7. The molecule has 0 aliphatic heterocycles. The van der Waals surface area contributed by atoms with E-state index in [0.717, 1.165) is 4.34 Å². The number of rotatable bonds is 8. The topological polar surface area (TPSA) is 66.2 Å². The Morgan fingerprint density at radius 3 is 3.00 bits per heavy atom. The summed E-state index contributed by atoms with van der Waals surface area (Å²) in [6, 6.07) is 0. The molecule has 23 heavy (non-hydrogen) atoms. The fourth-order valence-electron chi connectivity index (χ4n) is 1.61. The maximum atomic E-state index is 12.0. The molecule has 0 saturated carbocycles. The van der Waals surface area contributed by atoms with Crippen molar-refractivity contribution in [2.45, 2.75) is 25.1 Å². The van der Waals surface area contributed by atoms with E-state index in [4.69, 9.17) is 9.47 Å². The first kappa shape index (κ1) is 17.6. The van der Waals surface area contributed by atoms with Gasteiger partial charge in [-0.3, -0.25) is 0 Å². The molecule has 0 saturated heterocycles. The third-order valence-corrected chi connectivity index (χ3v) is 4.29. The Bertz CT molecular complexity index is 651. The van der Waals surface area contributed by atoms with Crippen molar-refractivity contribution >= 4 is 35.3 Å². The van der Waals surface area contributed by atoms with Crippen LogP contribution >= 0.6 is 23.1 Å². The molecule has 2 aromatic rings. The lowest BCUT2D eigenvalue weighted by Gasteiger charge is -2.10. The molecule has 2 aromatic heterocycles. The molecular weight excluding hydrogens is 334 g/mol. The highest BCUT2D eigenvalue weighted by atomic mass is 32.2. The molecule has 8 heteroatoms. The van der Waals surface area contributed by atoms with Crippen LogP contribution in [0.3, 0.4) is 0 Å². The van der Waals surface area contributed by atoms with E-state index < -0.39 is 5.97 Å². The van der Waals surface area contributed by atoms with Crippen LogP contribution in [0.25, 0.3) is 6.20 Å². The minimum absolute atomic E-state index is 0.309. The van der Waals surface area contributed by atoms with Gasteiger partial charge in [0.1, 0.15) is 5.56 Å². The Morgan fingerprint density at radius 2 is 2.35 bits per heavy atom. The molecule has 0 aliphatic rings. The van der Waals surface area contributed by atoms with Gasteiger partial charge in [-0.1, -0.05) is 25.6 Å². The lowest BCUT2D eigenvalue weighted by molar-refractivity contribution is 0.0520. The first-order chi connectivity index (χ1) is 11.1. The number of carbonyl (C=O) groups excluding carboxylic acids is 1. The van der Waals surface area contributed by atoms with Crippen LogP contribution in [0, 0.1) is 5.92 Å². The Labute approximate surface area is 143 Å². The van der Waals surface area contributed by atoms with E-state index in [9.17, 15) is 4.79 Å². The minimum atomic E-state index is -0.432. The number of nitrogens with zero attached hydrogens (tertiary/aromatic N) is 3. The molecule has 0 bridgehead atoms. The fraction of sp³-hybridized carbons (Fsp3) is 0.400. The normalized spacial score (nSPS) is 11.3. The van der Waals surface area contributed by atoms with Gasteiger partial charge in [0.05, 0.1) is 19.4 Å². The zero-order chi connectivity index (χ0) is 16.7. The van der Waals surface area contributed by atoms with E-state index in [2.05, 4.69) is 10.1 Å². The second kappa shape index (κ2) is 8.73. The zero-order valence-corrected chi connectivity index (χ0v) is 14.9. The maximum Gasteiger partial charge on any atom is 0.345 e.